The number of rotatable bonds is 0. The fourth-order valence-electron chi connectivity index (χ4n) is 2.23. The number of carbonyl (C=O) groups excluding carboxylic acids is 3. The van der Waals surface area contributed by atoms with E-state index in [4.69, 9.17) is 0 Å². The second-order valence-corrected chi connectivity index (χ2v) is 4.16. The summed E-state index contributed by atoms with van der Waals surface area (Å²) < 4.78 is 0. The Morgan fingerprint density at radius 2 is 1.76 bits per heavy atom. The van der Waals surface area contributed by atoms with Crippen molar-refractivity contribution in [2.45, 2.75) is 12.5 Å². The van der Waals surface area contributed by atoms with E-state index < -0.39 is 23.4 Å². The minimum absolute atomic E-state index is 0.483. The molecule has 1 saturated heterocycles. The molecular weight excluding hydrogens is 222 g/mol. The summed E-state index contributed by atoms with van der Waals surface area (Å²) in [5, 5.41) is 7.09. The SMILES string of the molecule is Cc1ccc2c(c1)NC(=O)C21NC(=O)NC1=O. The molecule has 2 aliphatic rings. The molecule has 4 amide bonds. The molecule has 0 aromatic heterocycles. The average Bonchev–Trinajstić information content (AvgIpc) is 2.68. The van der Waals surface area contributed by atoms with Crippen LogP contribution in [0.1, 0.15) is 11.1 Å². The first kappa shape index (κ1) is 9.83. The van der Waals surface area contributed by atoms with Gasteiger partial charge in [-0.2, -0.15) is 0 Å². The van der Waals surface area contributed by atoms with Gasteiger partial charge in [-0.05, 0) is 18.6 Å². The molecule has 1 fully saturated rings. The Morgan fingerprint density at radius 3 is 2.41 bits per heavy atom. The zero-order valence-corrected chi connectivity index (χ0v) is 8.96. The maximum Gasteiger partial charge on any atom is 0.323 e. The minimum atomic E-state index is -1.60. The van der Waals surface area contributed by atoms with Gasteiger partial charge in [0.25, 0.3) is 11.8 Å². The highest BCUT2D eigenvalue weighted by Gasteiger charge is 2.58. The molecule has 6 nitrogen and oxygen atoms in total. The third kappa shape index (κ3) is 1.06. The van der Waals surface area contributed by atoms with E-state index >= 15 is 0 Å². The van der Waals surface area contributed by atoms with E-state index in [0.29, 0.717) is 11.3 Å². The summed E-state index contributed by atoms with van der Waals surface area (Å²) in [5.74, 6) is -1.16. The van der Waals surface area contributed by atoms with Crippen LogP contribution >= 0.6 is 0 Å². The molecule has 2 heterocycles. The molecule has 0 bridgehead atoms. The quantitative estimate of drug-likeness (QED) is 0.433. The molecule has 17 heavy (non-hydrogen) atoms. The lowest BCUT2D eigenvalue weighted by atomic mass is 9.91. The molecule has 0 radical (unpaired) electrons. The van der Waals surface area contributed by atoms with Gasteiger partial charge in [0.15, 0.2) is 0 Å². The van der Waals surface area contributed by atoms with Crippen molar-refractivity contribution in [1.82, 2.24) is 10.6 Å². The smallest absolute Gasteiger partial charge is 0.323 e. The third-order valence-corrected chi connectivity index (χ3v) is 3.04. The molecule has 1 unspecified atom stereocenters. The first-order valence-corrected chi connectivity index (χ1v) is 5.10. The molecule has 6 heteroatoms. The summed E-state index contributed by atoms with van der Waals surface area (Å²) >= 11 is 0. The summed E-state index contributed by atoms with van der Waals surface area (Å²) in [5.41, 5.74) is 0.412. The van der Waals surface area contributed by atoms with Crippen molar-refractivity contribution < 1.29 is 14.4 Å². The second kappa shape index (κ2) is 2.85. The number of nitrogens with one attached hydrogen (secondary N) is 3. The second-order valence-electron chi connectivity index (χ2n) is 4.16. The highest BCUT2D eigenvalue weighted by atomic mass is 16.2. The lowest BCUT2D eigenvalue weighted by molar-refractivity contribution is -0.132. The number of anilines is 1. The molecule has 1 atom stereocenters. The van der Waals surface area contributed by atoms with Crippen LogP contribution in [0.2, 0.25) is 0 Å². The van der Waals surface area contributed by atoms with Gasteiger partial charge in [0, 0.05) is 11.3 Å². The molecule has 2 aliphatic heterocycles. The maximum absolute atomic E-state index is 11.9. The number of fused-ring (bicyclic) bond motifs is 2. The topological polar surface area (TPSA) is 87.3 Å². The Balaban J connectivity index is 2.24. The van der Waals surface area contributed by atoms with Crippen LogP contribution in [0, 0.1) is 6.92 Å². The molecule has 1 aromatic rings. The maximum atomic E-state index is 11.9. The average molecular weight is 231 g/mol. The van der Waals surface area contributed by atoms with Crippen molar-refractivity contribution in [3.05, 3.63) is 29.3 Å². The zero-order chi connectivity index (χ0) is 12.2. The van der Waals surface area contributed by atoms with Crippen LogP contribution in [0.4, 0.5) is 10.5 Å². The van der Waals surface area contributed by atoms with Crippen molar-refractivity contribution in [2.24, 2.45) is 0 Å². The van der Waals surface area contributed by atoms with Crippen LogP contribution in [0.15, 0.2) is 18.2 Å². The van der Waals surface area contributed by atoms with Crippen molar-refractivity contribution in [3.63, 3.8) is 0 Å². The van der Waals surface area contributed by atoms with Gasteiger partial charge in [0.05, 0.1) is 0 Å². The van der Waals surface area contributed by atoms with Crippen LogP contribution in [-0.4, -0.2) is 17.8 Å². The molecule has 1 aromatic carbocycles. The van der Waals surface area contributed by atoms with Gasteiger partial charge in [-0.3, -0.25) is 14.9 Å². The Bertz CT molecular complexity index is 581. The molecule has 0 aliphatic carbocycles. The number of urea groups is 1. The van der Waals surface area contributed by atoms with Crippen molar-refractivity contribution >= 4 is 23.5 Å². The number of carbonyl (C=O) groups is 3. The lowest BCUT2D eigenvalue weighted by Gasteiger charge is -2.17. The van der Waals surface area contributed by atoms with Crippen molar-refractivity contribution in [3.8, 4) is 0 Å². The number of hydrogen-bond donors (Lipinski definition) is 3. The highest BCUT2D eigenvalue weighted by molar-refractivity contribution is 6.26. The van der Waals surface area contributed by atoms with Gasteiger partial charge < -0.3 is 10.6 Å². The van der Waals surface area contributed by atoms with E-state index in [1.807, 2.05) is 6.92 Å². The van der Waals surface area contributed by atoms with E-state index in [-0.39, 0.29) is 0 Å². The van der Waals surface area contributed by atoms with Gasteiger partial charge in [-0.25, -0.2) is 4.79 Å². The van der Waals surface area contributed by atoms with E-state index in [2.05, 4.69) is 16.0 Å². The molecule has 86 valence electrons. The van der Waals surface area contributed by atoms with Crippen LogP contribution in [-0.2, 0) is 15.1 Å². The summed E-state index contributed by atoms with van der Waals surface area (Å²) in [4.78, 5) is 35.0. The third-order valence-electron chi connectivity index (χ3n) is 3.04. The normalized spacial score (nSPS) is 25.6. The molecule has 3 rings (SSSR count). The molecule has 0 saturated carbocycles. The number of imide groups is 1. The van der Waals surface area contributed by atoms with Crippen LogP contribution in [0.25, 0.3) is 0 Å². The van der Waals surface area contributed by atoms with Gasteiger partial charge in [-0.15, -0.1) is 0 Å². The van der Waals surface area contributed by atoms with E-state index in [0.717, 1.165) is 5.56 Å². The van der Waals surface area contributed by atoms with Crippen molar-refractivity contribution in [2.75, 3.05) is 5.32 Å². The van der Waals surface area contributed by atoms with E-state index in [9.17, 15) is 14.4 Å². The predicted octanol–water partition coefficient (Wildman–Crippen LogP) is -0.0182. The van der Waals surface area contributed by atoms with Gasteiger partial charge in [0.2, 0.25) is 5.54 Å². The Kier molecular flexibility index (Phi) is 1.65. The zero-order valence-electron chi connectivity index (χ0n) is 8.96. The Morgan fingerprint density at radius 1 is 1.06 bits per heavy atom. The number of amides is 4. The summed E-state index contributed by atoms with van der Waals surface area (Å²) in [7, 11) is 0. The lowest BCUT2D eigenvalue weighted by Crippen LogP contribution is -2.49. The minimum Gasteiger partial charge on any atom is -0.323 e. The van der Waals surface area contributed by atoms with Crippen LogP contribution in [0.3, 0.4) is 0 Å². The molecular formula is C11H9N3O3. The fraction of sp³-hybridized carbons (Fsp3) is 0.182. The van der Waals surface area contributed by atoms with Crippen LogP contribution < -0.4 is 16.0 Å². The monoisotopic (exact) mass is 231 g/mol. The Hall–Kier alpha value is -2.37. The highest BCUT2D eigenvalue weighted by Crippen LogP contribution is 2.38. The fourth-order valence-corrected chi connectivity index (χ4v) is 2.23. The molecule has 1 spiro atoms. The Labute approximate surface area is 96.4 Å². The molecule has 3 N–H and O–H groups in total. The van der Waals surface area contributed by atoms with Gasteiger partial charge >= 0.3 is 6.03 Å². The van der Waals surface area contributed by atoms with E-state index in [1.165, 1.54) is 0 Å². The first-order valence-electron chi connectivity index (χ1n) is 5.10. The predicted molar refractivity (Wildman–Crippen MR) is 58.2 cm³/mol. The van der Waals surface area contributed by atoms with Gasteiger partial charge in [0.1, 0.15) is 0 Å². The standard InChI is InChI=1S/C11H9N3O3/c1-5-2-3-6-7(4-5)12-8(15)11(6)9(16)13-10(17)14-11/h2-4H,1H3,(H,12,15)(H2,13,14,16,17). The van der Waals surface area contributed by atoms with E-state index in [1.54, 1.807) is 18.2 Å². The van der Waals surface area contributed by atoms with Crippen LogP contribution in [0.5, 0.6) is 0 Å². The summed E-state index contributed by atoms with van der Waals surface area (Å²) in [6.45, 7) is 1.88. The largest absolute Gasteiger partial charge is 0.323 e. The summed E-state index contributed by atoms with van der Waals surface area (Å²) in [6.07, 6.45) is 0. The number of aryl methyl sites for hydroxylation is 1. The number of benzene rings is 1. The summed E-state index contributed by atoms with van der Waals surface area (Å²) in [6, 6.07) is 4.57. The number of hydrogen-bond acceptors (Lipinski definition) is 3. The van der Waals surface area contributed by atoms with Gasteiger partial charge in [-0.1, -0.05) is 12.1 Å². The first-order chi connectivity index (χ1) is 8.04. The van der Waals surface area contributed by atoms with Crippen molar-refractivity contribution in [1.29, 1.82) is 0 Å².